The van der Waals surface area contributed by atoms with E-state index in [-0.39, 0.29) is 12.1 Å². The fourth-order valence-corrected chi connectivity index (χ4v) is 3.03. The van der Waals surface area contributed by atoms with Gasteiger partial charge in [0.05, 0.1) is 6.42 Å². The van der Waals surface area contributed by atoms with Gasteiger partial charge in [0, 0.05) is 5.92 Å². The summed E-state index contributed by atoms with van der Waals surface area (Å²) < 4.78 is 5.38. The molecule has 0 amide bonds. The number of carbonyl (C=O) groups is 1. The number of fused-ring (bicyclic) bond motifs is 1. The molecule has 1 aliphatic heterocycles. The van der Waals surface area contributed by atoms with Gasteiger partial charge < -0.3 is 4.74 Å². The smallest absolute Gasteiger partial charge is 0.306 e. The number of rotatable bonds is 1. The number of carbonyl (C=O) groups excluding carboxylic acids is 1. The monoisotopic (exact) mass is 216 g/mol. The number of hydrogen-bond donors (Lipinski definition) is 0. The van der Waals surface area contributed by atoms with E-state index in [0.29, 0.717) is 18.3 Å². The average molecular weight is 216 g/mol. The van der Waals surface area contributed by atoms with Gasteiger partial charge in [-0.25, -0.2) is 0 Å². The van der Waals surface area contributed by atoms with E-state index in [0.717, 1.165) is 12.8 Å². The van der Waals surface area contributed by atoms with Crippen molar-refractivity contribution in [1.82, 2.24) is 0 Å². The molecule has 1 saturated carbocycles. The summed E-state index contributed by atoms with van der Waals surface area (Å²) in [6.07, 6.45) is 4.18. The van der Waals surface area contributed by atoms with Crippen molar-refractivity contribution in [3.8, 4) is 0 Å². The van der Waals surface area contributed by atoms with Crippen molar-refractivity contribution in [2.75, 3.05) is 0 Å². The molecule has 0 spiro atoms. The van der Waals surface area contributed by atoms with Crippen LogP contribution in [0.4, 0.5) is 0 Å². The fourth-order valence-electron chi connectivity index (χ4n) is 3.03. The second-order valence-electron chi connectivity index (χ2n) is 4.91. The second kappa shape index (κ2) is 3.93. The minimum Gasteiger partial charge on any atom is -0.462 e. The molecule has 0 bridgehead atoms. The third kappa shape index (κ3) is 1.73. The van der Waals surface area contributed by atoms with E-state index >= 15 is 0 Å². The number of esters is 1. The van der Waals surface area contributed by atoms with Crippen LogP contribution >= 0.6 is 0 Å². The number of hydrogen-bond acceptors (Lipinski definition) is 2. The van der Waals surface area contributed by atoms with Crippen molar-refractivity contribution in [2.24, 2.45) is 5.92 Å². The van der Waals surface area contributed by atoms with E-state index in [1.165, 1.54) is 12.0 Å². The summed E-state index contributed by atoms with van der Waals surface area (Å²) in [6, 6.07) is 10.6. The van der Waals surface area contributed by atoms with Gasteiger partial charge in [-0.15, -0.1) is 0 Å². The Kier molecular flexibility index (Phi) is 2.43. The summed E-state index contributed by atoms with van der Waals surface area (Å²) in [5, 5.41) is 0. The maximum Gasteiger partial charge on any atom is 0.306 e. The van der Waals surface area contributed by atoms with Crippen LogP contribution in [0.15, 0.2) is 30.3 Å². The molecule has 1 aliphatic carbocycles. The minimum absolute atomic E-state index is 0.00344. The standard InChI is InChI=1S/C14H16O2/c15-14-9-12-7-6-11(8-13(12)16-14)10-4-2-1-3-5-10/h1-5,11-13H,6-9H2. The van der Waals surface area contributed by atoms with Crippen molar-refractivity contribution >= 4 is 5.97 Å². The molecular weight excluding hydrogens is 200 g/mol. The van der Waals surface area contributed by atoms with Crippen molar-refractivity contribution in [3.63, 3.8) is 0 Å². The largest absolute Gasteiger partial charge is 0.462 e. The summed E-state index contributed by atoms with van der Waals surface area (Å²) in [5.74, 6) is 1.07. The molecular formula is C14H16O2. The topological polar surface area (TPSA) is 26.3 Å². The predicted molar refractivity (Wildman–Crippen MR) is 61.0 cm³/mol. The Morgan fingerprint density at radius 2 is 1.94 bits per heavy atom. The molecule has 3 rings (SSSR count). The first kappa shape index (κ1) is 9.88. The molecule has 1 saturated heterocycles. The van der Waals surface area contributed by atoms with E-state index < -0.39 is 0 Å². The van der Waals surface area contributed by atoms with Crippen molar-refractivity contribution in [3.05, 3.63) is 35.9 Å². The second-order valence-corrected chi connectivity index (χ2v) is 4.91. The highest BCUT2D eigenvalue weighted by atomic mass is 16.5. The average Bonchev–Trinajstić information content (AvgIpc) is 2.69. The normalized spacial score (nSPS) is 33.2. The molecule has 0 radical (unpaired) electrons. The van der Waals surface area contributed by atoms with Gasteiger partial charge in [0.2, 0.25) is 0 Å². The molecule has 1 aromatic rings. The quantitative estimate of drug-likeness (QED) is 0.675. The lowest BCUT2D eigenvalue weighted by Gasteiger charge is -2.30. The van der Waals surface area contributed by atoms with Crippen molar-refractivity contribution < 1.29 is 9.53 Å². The van der Waals surface area contributed by atoms with Gasteiger partial charge in [-0.1, -0.05) is 30.3 Å². The Morgan fingerprint density at radius 1 is 1.12 bits per heavy atom. The summed E-state index contributed by atoms with van der Waals surface area (Å²) >= 11 is 0. The van der Waals surface area contributed by atoms with Crippen LogP contribution in [0, 0.1) is 5.92 Å². The molecule has 3 atom stereocenters. The van der Waals surface area contributed by atoms with Gasteiger partial charge in [0.15, 0.2) is 0 Å². The minimum atomic E-state index is 0.00344. The van der Waals surface area contributed by atoms with Gasteiger partial charge in [-0.05, 0) is 30.7 Å². The summed E-state index contributed by atoms with van der Waals surface area (Å²) in [5.41, 5.74) is 1.39. The van der Waals surface area contributed by atoms with Crippen LogP contribution in [0.3, 0.4) is 0 Å². The molecule has 3 unspecified atom stereocenters. The third-order valence-electron chi connectivity index (χ3n) is 3.91. The van der Waals surface area contributed by atoms with E-state index in [9.17, 15) is 4.79 Å². The Hall–Kier alpha value is -1.31. The number of ether oxygens (including phenoxy) is 1. The highest BCUT2D eigenvalue weighted by molar-refractivity contribution is 5.72. The zero-order chi connectivity index (χ0) is 11.0. The molecule has 2 fully saturated rings. The van der Waals surface area contributed by atoms with Crippen LogP contribution in [0.1, 0.15) is 37.2 Å². The third-order valence-corrected chi connectivity index (χ3v) is 3.91. The lowest BCUT2D eigenvalue weighted by molar-refractivity contribution is -0.142. The van der Waals surface area contributed by atoms with Gasteiger partial charge in [0.25, 0.3) is 0 Å². The Morgan fingerprint density at radius 3 is 2.75 bits per heavy atom. The first-order valence-electron chi connectivity index (χ1n) is 6.07. The SMILES string of the molecule is O=C1CC2CCC(c3ccccc3)CC2O1. The van der Waals surface area contributed by atoms with Gasteiger partial charge >= 0.3 is 5.97 Å². The van der Waals surface area contributed by atoms with Gasteiger partial charge in [-0.2, -0.15) is 0 Å². The molecule has 1 heterocycles. The molecule has 16 heavy (non-hydrogen) atoms. The predicted octanol–water partition coefficient (Wildman–Crippen LogP) is 2.89. The van der Waals surface area contributed by atoms with E-state index in [4.69, 9.17) is 4.74 Å². The molecule has 2 heteroatoms. The summed E-state index contributed by atoms with van der Waals surface area (Å²) in [6.45, 7) is 0. The molecule has 2 nitrogen and oxygen atoms in total. The molecule has 1 aromatic carbocycles. The van der Waals surface area contributed by atoms with Crippen LogP contribution in [0.5, 0.6) is 0 Å². The molecule has 2 aliphatic rings. The Bertz CT molecular complexity index is 385. The Labute approximate surface area is 95.6 Å². The van der Waals surface area contributed by atoms with E-state index in [1.54, 1.807) is 0 Å². The van der Waals surface area contributed by atoms with Crippen LogP contribution in [0.2, 0.25) is 0 Å². The fraction of sp³-hybridized carbons (Fsp3) is 0.500. The molecule has 0 N–H and O–H groups in total. The van der Waals surface area contributed by atoms with E-state index in [2.05, 4.69) is 24.3 Å². The van der Waals surface area contributed by atoms with Crippen LogP contribution in [-0.2, 0) is 9.53 Å². The lowest BCUT2D eigenvalue weighted by atomic mass is 9.77. The number of benzene rings is 1. The zero-order valence-corrected chi connectivity index (χ0v) is 9.26. The first-order valence-corrected chi connectivity index (χ1v) is 6.07. The Balaban J connectivity index is 1.74. The van der Waals surface area contributed by atoms with Crippen molar-refractivity contribution in [1.29, 1.82) is 0 Å². The summed E-state index contributed by atoms with van der Waals surface area (Å²) in [4.78, 5) is 11.2. The summed E-state index contributed by atoms with van der Waals surface area (Å²) in [7, 11) is 0. The first-order chi connectivity index (χ1) is 7.83. The highest BCUT2D eigenvalue weighted by Crippen LogP contribution is 2.41. The maximum atomic E-state index is 11.2. The zero-order valence-electron chi connectivity index (χ0n) is 9.26. The van der Waals surface area contributed by atoms with E-state index in [1.807, 2.05) is 6.07 Å². The van der Waals surface area contributed by atoms with Crippen LogP contribution < -0.4 is 0 Å². The molecule has 0 aromatic heterocycles. The van der Waals surface area contributed by atoms with Crippen molar-refractivity contribution in [2.45, 2.75) is 37.7 Å². The lowest BCUT2D eigenvalue weighted by Crippen LogP contribution is -2.25. The maximum absolute atomic E-state index is 11.2. The highest BCUT2D eigenvalue weighted by Gasteiger charge is 2.39. The van der Waals surface area contributed by atoms with Gasteiger partial charge in [0.1, 0.15) is 6.10 Å². The van der Waals surface area contributed by atoms with Crippen LogP contribution in [-0.4, -0.2) is 12.1 Å². The molecule has 84 valence electrons. The van der Waals surface area contributed by atoms with Crippen LogP contribution in [0.25, 0.3) is 0 Å². The van der Waals surface area contributed by atoms with Gasteiger partial charge in [-0.3, -0.25) is 4.79 Å².